The second-order valence-corrected chi connectivity index (χ2v) is 11.1. The van der Waals surface area contributed by atoms with Crippen molar-refractivity contribution in [3.05, 3.63) is 56.9 Å². The van der Waals surface area contributed by atoms with E-state index in [2.05, 4.69) is 16.4 Å². The maximum absolute atomic E-state index is 12.8. The topological polar surface area (TPSA) is 129 Å². The van der Waals surface area contributed by atoms with E-state index in [1.165, 1.54) is 16.2 Å². The zero-order chi connectivity index (χ0) is 24.2. The molecule has 1 unspecified atom stereocenters. The number of hydrogen-bond donors (Lipinski definition) is 4. The van der Waals surface area contributed by atoms with Crippen molar-refractivity contribution in [1.29, 1.82) is 0 Å². The lowest BCUT2D eigenvalue weighted by Crippen LogP contribution is -2.50. The first-order valence-electron chi connectivity index (χ1n) is 11.1. The minimum Gasteiger partial charge on any atom is -0.380 e. The first-order chi connectivity index (χ1) is 16.3. The maximum atomic E-state index is 12.8. The lowest BCUT2D eigenvalue weighted by atomic mass is 10.1. The average Bonchev–Trinajstić information content (AvgIpc) is 3.58. The van der Waals surface area contributed by atoms with Gasteiger partial charge in [-0.2, -0.15) is 0 Å². The molecule has 5 N–H and O–H groups in total. The van der Waals surface area contributed by atoms with Crippen LogP contribution in [0.3, 0.4) is 0 Å². The van der Waals surface area contributed by atoms with E-state index < -0.39 is 24.0 Å². The fourth-order valence-corrected chi connectivity index (χ4v) is 6.29. The van der Waals surface area contributed by atoms with Crippen LogP contribution in [0.25, 0.3) is 0 Å². The van der Waals surface area contributed by atoms with Crippen molar-refractivity contribution in [2.24, 2.45) is 0 Å². The van der Waals surface area contributed by atoms with Crippen molar-refractivity contribution in [1.82, 2.24) is 15.2 Å². The molecule has 2 aromatic rings. The summed E-state index contributed by atoms with van der Waals surface area (Å²) in [6.07, 6.45) is 1.43. The van der Waals surface area contributed by atoms with E-state index in [0.29, 0.717) is 29.0 Å². The molecule has 2 aliphatic rings. The molecule has 34 heavy (non-hydrogen) atoms. The first kappa shape index (κ1) is 25.0. The molecule has 1 fully saturated rings. The SMILES string of the molecule is Nc1nc([C@H]2CCCN2C(=O)[C@H](O)[C@@H](O)C(=O)NCC2=CCC(Cc3ccccc3Cl)S2)cs1. The molecule has 1 saturated heterocycles. The number of likely N-dealkylation sites (tertiary alicyclic amines) is 1. The summed E-state index contributed by atoms with van der Waals surface area (Å²) in [5.74, 6) is -1.48. The highest BCUT2D eigenvalue weighted by Gasteiger charge is 2.39. The van der Waals surface area contributed by atoms with Gasteiger partial charge >= 0.3 is 0 Å². The van der Waals surface area contributed by atoms with E-state index >= 15 is 0 Å². The number of nitrogens with one attached hydrogen (secondary N) is 1. The van der Waals surface area contributed by atoms with Gasteiger partial charge in [0.1, 0.15) is 0 Å². The number of halogens is 1. The van der Waals surface area contributed by atoms with Crippen molar-refractivity contribution in [2.75, 3.05) is 18.8 Å². The van der Waals surface area contributed by atoms with Crippen molar-refractivity contribution >= 4 is 51.6 Å². The standard InChI is InChI=1S/C23H27ClN4O4S2/c24-16-5-2-1-4-13(16)10-14-7-8-15(34-14)11-26-21(31)19(29)20(30)22(32)28-9-3-6-18(28)17-12-33-23(25)27-17/h1-2,4-5,8,12,14,18-20,29-30H,3,6-7,9-11H2,(H2,25,27)(H,26,31)/t14?,18-,19-,20-/m1/s1. The van der Waals surface area contributed by atoms with Crippen LogP contribution in [0, 0.1) is 0 Å². The highest BCUT2D eigenvalue weighted by molar-refractivity contribution is 8.03. The molecule has 2 amide bonds. The number of aromatic nitrogens is 1. The maximum Gasteiger partial charge on any atom is 0.255 e. The number of benzene rings is 1. The molecule has 0 aliphatic carbocycles. The molecule has 0 spiro atoms. The Kier molecular flexibility index (Phi) is 8.15. The molecule has 8 nitrogen and oxygen atoms in total. The van der Waals surface area contributed by atoms with Crippen LogP contribution in [0.4, 0.5) is 5.13 Å². The zero-order valence-electron chi connectivity index (χ0n) is 18.4. The number of allylic oxidation sites excluding steroid dienone is 1. The summed E-state index contributed by atoms with van der Waals surface area (Å²) < 4.78 is 0. The Bertz CT molecular complexity index is 1080. The highest BCUT2D eigenvalue weighted by atomic mass is 35.5. The van der Waals surface area contributed by atoms with Gasteiger partial charge in [-0.3, -0.25) is 9.59 Å². The zero-order valence-corrected chi connectivity index (χ0v) is 20.8. The molecule has 1 aromatic carbocycles. The minimum atomic E-state index is -1.86. The summed E-state index contributed by atoms with van der Waals surface area (Å²) in [5, 5.41) is 26.7. The van der Waals surface area contributed by atoms with Crippen LogP contribution in [0.1, 0.15) is 36.6 Å². The van der Waals surface area contributed by atoms with Crippen molar-refractivity contribution < 1.29 is 19.8 Å². The van der Waals surface area contributed by atoms with Gasteiger partial charge in [-0.05, 0) is 37.3 Å². The molecular formula is C23H27ClN4O4S2. The number of thiazole rings is 1. The number of aliphatic hydroxyl groups excluding tert-OH is 2. The van der Waals surface area contributed by atoms with Gasteiger partial charge in [0.25, 0.3) is 11.8 Å². The van der Waals surface area contributed by atoms with E-state index in [-0.39, 0.29) is 12.6 Å². The number of hydrogen-bond acceptors (Lipinski definition) is 8. The fourth-order valence-electron chi connectivity index (χ4n) is 4.24. The molecule has 0 bridgehead atoms. The van der Waals surface area contributed by atoms with Gasteiger partial charge in [0, 0.05) is 33.6 Å². The average molecular weight is 523 g/mol. The largest absolute Gasteiger partial charge is 0.380 e. The van der Waals surface area contributed by atoms with E-state index in [1.807, 2.05) is 24.3 Å². The molecule has 1 aromatic heterocycles. The summed E-state index contributed by atoms with van der Waals surface area (Å²) >= 11 is 9.19. The van der Waals surface area contributed by atoms with Gasteiger partial charge in [0.15, 0.2) is 17.3 Å². The number of nitrogens with two attached hydrogens (primary N) is 1. The Morgan fingerprint density at radius 1 is 1.29 bits per heavy atom. The lowest BCUT2D eigenvalue weighted by Gasteiger charge is -2.27. The van der Waals surface area contributed by atoms with Gasteiger partial charge in [-0.15, -0.1) is 23.1 Å². The van der Waals surface area contributed by atoms with E-state index in [4.69, 9.17) is 17.3 Å². The number of nitrogen functional groups attached to an aromatic ring is 1. The normalized spacial score (nSPS) is 21.9. The van der Waals surface area contributed by atoms with E-state index in [0.717, 1.165) is 34.8 Å². The number of amides is 2. The van der Waals surface area contributed by atoms with Crippen LogP contribution in [0.15, 0.2) is 40.6 Å². The third kappa shape index (κ3) is 5.75. The van der Waals surface area contributed by atoms with Crippen molar-refractivity contribution in [3.8, 4) is 0 Å². The Morgan fingerprint density at radius 3 is 2.82 bits per heavy atom. The van der Waals surface area contributed by atoms with Gasteiger partial charge in [0.05, 0.1) is 11.7 Å². The third-order valence-corrected chi connectivity index (χ3v) is 8.37. The van der Waals surface area contributed by atoms with E-state index in [1.54, 1.807) is 17.1 Å². The molecule has 3 heterocycles. The Labute approximate surface area is 211 Å². The smallest absolute Gasteiger partial charge is 0.255 e. The first-order valence-corrected chi connectivity index (χ1v) is 13.2. The van der Waals surface area contributed by atoms with Gasteiger partial charge in [-0.1, -0.05) is 35.9 Å². The molecule has 4 atom stereocenters. The number of aliphatic hydroxyl groups is 2. The summed E-state index contributed by atoms with van der Waals surface area (Å²) in [7, 11) is 0. The summed E-state index contributed by atoms with van der Waals surface area (Å²) in [5.41, 5.74) is 7.45. The van der Waals surface area contributed by atoms with Gasteiger partial charge in [0.2, 0.25) is 0 Å². The number of carbonyl (C=O) groups excluding carboxylic acids is 2. The van der Waals surface area contributed by atoms with Crippen LogP contribution in [-0.2, 0) is 16.0 Å². The molecular weight excluding hydrogens is 496 g/mol. The molecule has 4 rings (SSSR count). The highest BCUT2D eigenvalue weighted by Crippen LogP contribution is 2.35. The van der Waals surface area contributed by atoms with Crippen LogP contribution in [-0.4, -0.2) is 62.5 Å². The molecule has 0 radical (unpaired) electrons. The van der Waals surface area contributed by atoms with Crippen LogP contribution in [0.2, 0.25) is 5.02 Å². The number of anilines is 1. The lowest BCUT2D eigenvalue weighted by molar-refractivity contribution is -0.153. The van der Waals surface area contributed by atoms with Gasteiger partial charge in [-0.25, -0.2) is 4.98 Å². The third-order valence-electron chi connectivity index (χ3n) is 6.01. The number of rotatable bonds is 8. The van der Waals surface area contributed by atoms with Gasteiger partial charge < -0.3 is 26.2 Å². The number of thioether (sulfide) groups is 1. The minimum absolute atomic E-state index is 0.227. The molecule has 182 valence electrons. The Balaban J connectivity index is 1.26. The predicted octanol–water partition coefficient (Wildman–Crippen LogP) is 2.51. The molecule has 0 saturated carbocycles. The Morgan fingerprint density at radius 2 is 2.09 bits per heavy atom. The predicted molar refractivity (Wildman–Crippen MR) is 134 cm³/mol. The van der Waals surface area contributed by atoms with Crippen molar-refractivity contribution in [2.45, 2.75) is 49.2 Å². The number of nitrogens with zero attached hydrogens (tertiary/aromatic N) is 2. The number of carbonyl (C=O) groups is 2. The van der Waals surface area contributed by atoms with E-state index in [9.17, 15) is 19.8 Å². The fraction of sp³-hybridized carbons (Fsp3) is 0.435. The van der Waals surface area contributed by atoms with Crippen LogP contribution < -0.4 is 11.1 Å². The second-order valence-electron chi connectivity index (χ2n) is 8.35. The molecule has 2 aliphatic heterocycles. The molecule has 11 heteroatoms. The quantitative estimate of drug-likeness (QED) is 0.419. The van der Waals surface area contributed by atoms with Crippen LogP contribution in [0.5, 0.6) is 0 Å². The summed E-state index contributed by atoms with van der Waals surface area (Å²) in [6, 6.07) is 7.42. The van der Waals surface area contributed by atoms with Crippen LogP contribution >= 0.6 is 34.7 Å². The van der Waals surface area contributed by atoms with Crippen molar-refractivity contribution in [3.63, 3.8) is 0 Å². The Hall–Kier alpha value is -2.11. The summed E-state index contributed by atoms with van der Waals surface area (Å²) in [6.45, 7) is 0.646. The monoisotopic (exact) mass is 522 g/mol. The second kappa shape index (κ2) is 11.1. The summed E-state index contributed by atoms with van der Waals surface area (Å²) in [4.78, 5) is 32.0.